The van der Waals surface area contributed by atoms with Crippen LogP contribution in [0.25, 0.3) is 10.9 Å². The maximum Gasteiger partial charge on any atom is 0.254 e. The number of para-hydroxylation sites is 1. The first-order valence-corrected chi connectivity index (χ1v) is 12.1. The molecule has 0 saturated carbocycles. The van der Waals surface area contributed by atoms with E-state index < -0.39 is 0 Å². The number of unbranched alkanes of at least 4 members (excludes halogenated alkanes) is 2. The lowest BCUT2D eigenvalue weighted by Gasteiger charge is -2.39. The smallest absolute Gasteiger partial charge is 0.254 e. The number of nitrogens with two attached hydrogens (primary N) is 1. The summed E-state index contributed by atoms with van der Waals surface area (Å²) in [6.45, 7) is 6.53. The number of nitrogens with zero attached hydrogens (tertiary/aromatic N) is 3. The summed E-state index contributed by atoms with van der Waals surface area (Å²) in [5, 5.41) is 8.51. The third-order valence-electron chi connectivity index (χ3n) is 6.91. The predicted octanol–water partition coefficient (Wildman–Crippen LogP) is 4.30. The van der Waals surface area contributed by atoms with Crippen LogP contribution in [0.2, 0.25) is 0 Å². The Morgan fingerprint density at radius 2 is 1.88 bits per heavy atom. The molecule has 0 amide bonds. The predicted molar refractivity (Wildman–Crippen MR) is 132 cm³/mol. The van der Waals surface area contributed by atoms with Crippen molar-refractivity contribution in [1.29, 1.82) is 5.41 Å². The monoisotopic (exact) mass is 449 g/mol. The van der Waals surface area contributed by atoms with E-state index in [4.69, 9.17) is 15.6 Å². The highest BCUT2D eigenvalue weighted by molar-refractivity contribution is 5.91. The zero-order chi connectivity index (χ0) is 23.4. The number of benzene rings is 1. The van der Waals surface area contributed by atoms with Gasteiger partial charge in [-0.2, -0.15) is 0 Å². The van der Waals surface area contributed by atoms with Crippen molar-refractivity contribution in [2.24, 2.45) is 5.73 Å². The van der Waals surface area contributed by atoms with Crippen LogP contribution in [0.3, 0.4) is 0 Å². The summed E-state index contributed by atoms with van der Waals surface area (Å²) in [6, 6.07) is 11.3. The van der Waals surface area contributed by atoms with Crippen LogP contribution in [0, 0.1) is 5.41 Å². The number of hydrogen-bond donors (Lipinski definition) is 2. The summed E-state index contributed by atoms with van der Waals surface area (Å²) in [4.78, 5) is 20.2. The normalized spacial score (nSPS) is 19.2. The molecule has 0 radical (unpaired) electrons. The summed E-state index contributed by atoms with van der Waals surface area (Å²) < 4.78 is 7.42. The van der Waals surface area contributed by atoms with Gasteiger partial charge < -0.3 is 14.7 Å². The van der Waals surface area contributed by atoms with Crippen molar-refractivity contribution in [3.05, 3.63) is 64.1 Å². The highest BCUT2D eigenvalue weighted by Gasteiger charge is 2.23. The Balaban J connectivity index is 1.45. The number of aryl methyl sites for hydroxylation is 1. The van der Waals surface area contributed by atoms with Crippen LogP contribution in [-0.4, -0.2) is 38.9 Å². The molecule has 0 aliphatic carbocycles. The summed E-state index contributed by atoms with van der Waals surface area (Å²) in [5.74, 6) is 0.449. The quantitative estimate of drug-likeness (QED) is 0.288. The summed E-state index contributed by atoms with van der Waals surface area (Å²) >= 11 is 0. The average molecular weight is 450 g/mol. The van der Waals surface area contributed by atoms with Gasteiger partial charge in [-0.15, -0.1) is 0 Å². The molecule has 0 spiro atoms. The van der Waals surface area contributed by atoms with Gasteiger partial charge in [-0.3, -0.25) is 15.1 Å². The minimum Gasteiger partial charge on any atom is -0.437 e. The maximum atomic E-state index is 13.3. The average Bonchev–Trinajstić information content (AvgIpc) is 3.26. The lowest BCUT2D eigenvalue weighted by molar-refractivity contribution is 0.101. The molecule has 1 fully saturated rings. The molecule has 1 aromatic carbocycles. The molecular weight excluding hydrogens is 414 g/mol. The van der Waals surface area contributed by atoms with Crippen LogP contribution < -0.4 is 11.3 Å². The summed E-state index contributed by atoms with van der Waals surface area (Å²) in [5.41, 5.74) is 7.07. The van der Waals surface area contributed by atoms with E-state index in [9.17, 15) is 4.79 Å². The van der Waals surface area contributed by atoms with Crippen molar-refractivity contribution in [2.75, 3.05) is 6.54 Å². The van der Waals surface area contributed by atoms with Crippen molar-refractivity contribution in [1.82, 2.24) is 14.5 Å². The molecule has 7 heteroatoms. The van der Waals surface area contributed by atoms with Gasteiger partial charge in [0.1, 0.15) is 0 Å². The molecule has 3 N–H and O–H groups in total. The van der Waals surface area contributed by atoms with E-state index in [1.165, 1.54) is 25.5 Å². The number of pyridine rings is 1. The van der Waals surface area contributed by atoms with E-state index in [0.29, 0.717) is 30.1 Å². The van der Waals surface area contributed by atoms with Gasteiger partial charge in [0, 0.05) is 24.2 Å². The maximum absolute atomic E-state index is 13.3. The Morgan fingerprint density at radius 1 is 1.15 bits per heavy atom. The van der Waals surface area contributed by atoms with E-state index in [1.54, 1.807) is 0 Å². The summed E-state index contributed by atoms with van der Waals surface area (Å²) in [7, 11) is 0. The molecule has 0 unspecified atom stereocenters. The number of oxazole rings is 1. The van der Waals surface area contributed by atoms with E-state index in [1.807, 2.05) is 34.9 Å². The number of nitrogens with one attached hydrogen (secondary N) is 1. The number of aromatic nitrogens is 2. The first-order valence-electron chi connectivity index (χ1n) is 12.1. The van der Waals surface area contributed by atoms with Crippen LogP contribution in [0.4, 0.5) is 0 Å². The molecule has 1 aliphatic heterocycles. The Kier molecular flexibility index (Phi) is 7.28. The zero-order valence-corrected chi connectivity index (χ0v) is 19.7. The number of amidine groups is 1. The second-order valence-electron chi connectivity index (χ2n) is 9.32. The lowest BCUT2D eigenvalue weighted by atomic mass is 9.97. The Morgan fingerprint density at radius 3 is 2.61 bits per heavy atom. The standard InChI is InChI=1S/C26H35N5O2/c1-18-9-8-10-19(2)30(18)13-6-3-7-14-31-22-12-5-4-11-20(22)15-21(26(31)32)16-24-29-17-23(33-24)25(27)28/h4-5,11-12,15,17-19H,3,6-10,13-14,16H2,1-2H3,(H3,27,28)/t18-,19+. The van der Waals surface area contributed by atoms with Crippen molar-refractivity contribution in [3.63, 3.8) is 0 Å². The Labute approximate surface area is 195 Å². The van der Waals surface area contributed by atoms with Gasteiger partial charge in [0.25, 0.3) is 5.56 Å². The number of fused-ring (bicyclic) bond motifs is 1. The fourth-order valence-electron chi connectivity index (χ4n) is 5.07. The van der Waals surface area contributed by atoms with Crippen molar-refractivity contribution >= 4 is 16.7 Å². The molecule has 33 heavy (non-hydrogen) atoms. The van der Waals surface area contributed by atoms with Crippen LogP contribution in [0.1, 0.15) is 69.6 Å². The molecule has 1 saturated heterocycles. The summed E-state index contributed by atoms with van der Waals surface area (Å²) in [6.07, 6.45) is 8.89. The molecule has 3 aromatic rings. The largest absolute Gasteiger partial charge is 0.437 e. The number of piperidine rings is 1. The molecule has 3 heterocycles. The second-order valence-corrected chi connectivity index (χ2v) is 9.32. The van der Waals surface area contributed by atoms with Crippen LogP contribution in [0.15, 0.2) is 45.7 Å². The Hall–Kier alpha value is -2.93. The van der Waals surface area contributed by atoms with Gasteiger partial charge in [-0.1, -0.05) is 31.0 Å². The molecule has 4 rings (SSSR count). The minimum absolute atomic E-state index is 0.00505. The van der Waals surface area contributed by atoms with Crippen molar-refractivity contribution in [2.45, 2.75) is 77.4 Å². The molecule has 2 aromatic heterocycles. The van der Waals surface area contributed by atoms with E-state index in [0.717, 1.165) is 36.7 Å². The molecule has 176 valence electrons. The van der Waals surface area contributed by atoms with E-state index >= 15 is 0 Å². The fourth-order valence-corrected chi connectivity index (χ4v) is 5.07. The molecule has 7 nitrogen and oxygen atoms in total. The fraction of sp³-hybridized carbons (Fsp3) is 0.500. The van der Waals surface area contributed by atoms with Crippen LogP contribution in [0.5, 0.6) is 0 Å². The minimum atomic E-state index is -0.169. The number of hydrogen-bond acceptors (Lipinski definition) is 5. The van der Waals surface area contributed by atoms with Gasteiger partial charge in [0.15, 0.2) is 17.5 Å². The first-order chi connectivity index (χ1) is 15.9. The number of nitrogen functional groups attached to an aromatic ring is 1. The topological polar surface area (TPSA) is 101 Å². The van der Waals surface area contributed by atoms with Crippen LogP contribution in [-0.2, 0) is 13.0 Å². The van der Waals surface area contributed by atoms with Crippen molar-refractivity contribution < 1.29 is 4.42 Å². The molecule has 2 atom stereocenters. The molecular formula is C26H35N5O2. The van der Waals surface area contributed by atoms with Gasteiger partial charge >= 0.3 is 0 Å². The second kappa shape index (κ2) is 10.3. The van der Waals surface area contributed by atoms with E-state index in [2.05, 4.69) is 23.7 Å². The van der Waals surface area contributed by atoms with Gasteiger partial charge in [-0.25, -0.2) is 4.98 Å². The van der Waals surface area contributed by atoms with E-state index in [-0.39, 0.29) is 23.6 Å². The molecule has 1 aliphatic rings. The van der Waals surface area contributed by atoms with Gasteiger partial charge in [-0.05, 0) is 63.6 Å². The molecule has 0 bridgehead atoms. The highest BCUT2D eigenvalue weighted by Crippen LogP contribution is 2.23. The van der Waals surface area contributed by atoms with Gasteiger partial charge in [0.05, 0.1) is 18.1 Å². The SMILES string of the molecule is C[C@@H]1CCC[C@H](C)N1CCCCCn1c(=O)c(Cc2ncc(C(=N)N)o2)cc2ccccc21. The number of likely N-dealkylation sites (tertiary alicyclic amines) is 1. The third kappa shape index (κ3) is 5.36. The third-order valence-corrected chi connectivity index (χ3v) is 6.91. The lowest BCUT2D eigenvalue weighted by Crippen LogP contribution is -2.44. The van der Waals surface area contributed by atoms with Crippen molar-refractivity contribution in [3.8, 4) is 0 Å². The van der Waals surface area contributed by atoms with Gasteiger partial charge in [0.2, 0.25) is 0 Å². The zero-order valence-electron chi connectivity index (χ0n) is 19.7. The highest BCUT2D eigenvalue weighted by atomic mass is 16.4. The number of rotatable bonds is 9. The van der Waals surface area contributed by atoms with Crippen LogP contribution >= 0.6 is 0 Å². The Bertz CT molecular complexity index is 1150. The first kappa shape index (κ1) is 23.2.